The van der Waals surface area contributed by atoms with E-state index in [2.05, 4.69) is 32.2 Å². The van der Waals surface area contributed by atoms with Gasteiger partial charge >= 0.3 is 0 Å². The summed E-state index contributed by atoms with van der Waals surface area (Å²) in [5.74, 6) is 1.74. The maximum atomic E-state index is 4.48. The first-order valence-electron chi connectivity index (χ1n) is 7.31. The van der Waals surface area contributed by atoms with Gasteiger partial charge in [-0.05, 0) is 57.5 Å². The summed E-state index contributed by atoms with van der Waals surface area (Å²) in [5, 5.41) is 3.40. The molecule has 5 heteroatoms. The molecule has 1 aliphatic heterocycles. The van der Waals surface area contributed by atoms with Crippen LogP contribution < -0.4 is 5.32 Å². The predicted molar refractivity (Wildman–Crippen MR) is 80.7 cm³/mol. The van der Waals surface area contributed by atoms with Crippen LogP contribution in [0.15, 0.2) is 24.5 Å². The van der Waals surface area contributed by atoms with Gasteiger partial charge < -0.3 is 10.2 Å². The molecule has 0 radical (unpaired) electrons. The Labute approximate surface area is 119 Å². The second kappa shape index (κ2) is 6.13. The van der Waals surface area contributed by atoms with Crippen molar-refractivity contribution in [2.75, 3.05) is 32.0 Å². The Kier molecular flexibility index (Phi) is 4.06. The molecule has 1 N–H and O–H groups in total. The predicted octanol–water partition coefficient (Wildman–Crippen LogP) is 2.17. The summed E-state index contributed by atoms with van der Waals surface area (Å²) in [7, 11) is 2.20. The Morgan fingerprint density at radius 3 is 2.85 bits per heavy atom. The molecule has 3 heterocycles. The maximum Gasteiger partial charge on any atom is 0.180 e. The van der Waals surface area contributed by atoms with Gasteiger partial charge in [-0.2, -0.15) is 0 Å². The Morgan fingerprint density at radius 1 is 1.20 bits per heavy atom. The van der Waals surface area contributed by atoms with E-state index in [0.717, 1.165) is 23.8 Å². The molecular formula is C15H21N5. The van der Waals surface area contributed by atoms with Gasteiger partial charge in [0.25, 0.3) is 0 Å². The molecular weight excluding hydrogens is 250 g/mol. The average molecular weight is 271 g/mol. The van der Waals surface area contributed by atoms with E-state index in [1.54, 1.807) is 12.4 Å². The van der Waals surface area contributed by atoms with Gasteiger partial charge in [-0.25, -0.2) is 9.97 Å². The highest BCUT2D eigenvalue weighted by molar-refractivity contribution is 5.71. The fourth-order valence-electron chi connectivity index (χ4n) is 2.71. The Hall–Kier alpha value is -1.75. The molecule has 2 aromatic heterocycles. The number of rotatable bonds is 4. The normalized spacial score (nSPS) is 17.4. The topological polar surface area (TPSA) is 53.9 Å². The third kappa shape index (κ3) is 3.22. The van der Waals surface area contributed by atoms with Crippen molar-refractivity contribution in [2.24, 2.45) is 5.92 Å². The van der Waals surface area contributed by atoms with E-state index in [-0.39, 0.29) is 0 Å². The minimum atomic E-state index is 0.705. The highest BCUT2D eigenvalue weighted by atomic mass is 15.1. The number of nitrogens with one attached hydrogen (secondary N) is 1. The van der Waals surface area contributed by atoms with Gasteiger partial charge in [0, 0.05) is 18.9 Å². The van der Waals surface area contributed by atoms with Crippen molar-refractivity contribution in [3.63, 3.8) is 0 Å². The molecule has 0 spiro atoms. The number of piperidine rings is 1. The van der Waals surface area contributed by atoms with E-state index in [9.17, 15) is 0 Å². The first-order valence-corrected chi connectivity index (χ1v) is 7.31. The van der Waals surface area contributed by atoms with Crippen molar-refractivity contribution < 1.29 is 0 Å². The van der Waals surface area contributed by atoms with Crippen LogP contribution in [0.4, 0.5) is 5.82 Å². The zero-order valence-corrected chi connectivity index (χ0v) is 11.9. The third-order valence-corrected chi connectivity index (χ3v) is 4.03. The Bertz CT molecular complexity index is 563. The summed E-state index contributed by atoms with van der Waals surface area (Å²) in [4.78, 5) is 15.3. The van der Waals surface area contributed by atoms with Crippen molar-refractivity contribution in [3.8, 4) is 0 Å². The Balaban J connectivity index is 1.52. The van der Waals surface area contributed by atoms with E-state index in [1.807, 2.05) is 12.1 Å². The Morgan fingerprint density at radius 2 is 2.00 bits per heavy atom. The van der Waals surface area contributed by atoms with Crippen LogP contribution >= 0.6 is 0 Å². The maximum absolute atomic E-state index is 4.48. The number of likely N-dealkylation sites (tertiary alicyclic amines) is 1. The van der Waals surface area contributed by atoms with Crippen molar-refractivity contribution in [3.05, 3.63) is 24.5 Å². The summed E-state index contributed by atoms with van der Waals surface area (Å²) in [6.07, 6.45) is 7.21. The highest BCUT2D eigenvalue weighted by Gasteiger charge is 2.15. The molecule has 1 saturated heterocycles. The molecule has 3 rings (SSSR count). The van der Waals surface area contributed by atoms with Crippen LogP contribution in [0.1, 0.15) is 19.3 Å². The second-order valence-corrected chi connectivity index (χ2v) is 5.56. The van der Waals surface area contributed by atoms with Gasteiger partial charge in [-0.15, -0.1) is 0 Å². The summed E-state index contributed by atoms with van der Waals surface area (Å²) >= 11 is 0. The largest absolute Gasteiger partial charge is 0.370 e. The summed E-state index contributed by atoms with van der Waals surface area (Å²) in [5.41, 5.74) is 1.55. The van der Waals surface area contributed by atoms with E-state index < -0.39 is 0 Å². The third-order valence-electron chi connectivity index (χ3n) is 4.03. The van der Waals surface area contributed by atoms with Crippen LogP contribution in [0.5, 0.6) is 0 Å². The number of fused-ring (bicyclic) bond motifs is 1. The van der Waals surface area contributed by atoms with Crippen LogP contribution in [0.25, 0.3) is 11.2 Å². The van der Waals surface area contributed by atoms with Crippen LogP contribution in [0, 0.1) is 5.92 Å². The molecule has 1 aliphatic rings. The van der Waals surface area contributed by atoms with Gasteiger partial charge in [0.05, 0.1) is 0 Å². The first-order chi connectivity index (χ1) is 9.81. The molecule has 0 amide bonds. The van der Waals surface area contributed by atoms with Crippen LogP contribution in [-0.4, -0.2) is 46.5 Å². The fraction of sp³-hybridized carbons (Fsp3) is 0.533. The average Bonchev–Trinajstić information content (AvgIpc) is 2.49. The molecule has 2 aromatic rings. The van der Waals surface area contributed by atoms with E-state index in [4.69, 9.17) is 0 Å². The summed E-state index contributed by atoms with van der Waals surface area (Å²) in [6.45, 7) is 3.44. The first kappa shape index (κ1) is 13.2. The van der Waals surface area contributed by atoms with Gasteiger partial charge in [-0.3, -0.25) is 4.98 Å². The molecule has 0 saturated carbocycles. The van der Waals surface area contributed by atoms with Crippen LogP contribution in [0.2, 0.25) is 0 Å². The molecule has 0 bridgehead atoms. The molecule has 0 unspecified atom stereocenters. The lowest BCUT2D eigenvalue weighted by atomic mass is 9.94. The number of hydrogen-bond donors (Lipinski definition) is 1. The van der Waals surface area contributed by atoms with E-state index in [0.29, 0.717) is 5.65 Å². The molecule has 1 fully saturated rings. The highest BCUT2D eigenvalue weighted by Crippen LogP contribution is 2.19. The van der Waals surface area contributed by atoms with E-state index >= 15 is 0 Å². The monoisotopic (exact) mass is 271 g/mol. The molecule has 5 nitrogen and oxygen atoms in total. The number of anilines is 1. The van der Waals surface area contributed by atoms with Gasteiger partial charge in [0.2, 0.25) is 0 Å². The fourth-order valence-corrected chi connectivity index (χ4v) is 2.71. The molecule has 0 aliphatic carbocycles. The molecule has 0 atom stereocenters. The van der Waals surface area contributed by atoms with Crippen LogP contribution in [0.3, 0.4) is 0 Å². The number of hydrogen-bond acceptors (Lipinski definition) is 5. The van der Waals surface area contributed by atoms with Gasteiger partial charge in [-0.1, -0.05) is 0 Å². The SMILES string of the molecule is CN1CCC(CCNc2ccc3nccnc3n2)CC1. The number of pyridine rings is 1. The summed E-state index contributed by atoms with van der Waals surface area (Å²) < 4.78 is 0. The lowest BCUT2D eigenvalue weighted by molar-refractivity contribution is 0.215. The molecule has 20 heavy (non-hydrogen) atoms. The minimum Gasteiger partial charge on any atom is -0.370 e. The lowest BCUT2D eigenvalue weighted by Crippen LogP contribution is -2.30. The lowest BCUT2D eigenvalue weighted by Gasteiger charge is -2.28. The number of aromatic nitrogens is 3. The van der Waals surface area contributed by atoms with Crippen molar-refractivity contribution in [1.82, 2.24) is 19.9 Å². The summed E-state index contributed by atoms with van der Waals surface area (Å²) in [6, 6.07) is 3.94. The zero-order valence-electron chi connectivity index (χ0n) is 11.9. The van der Waals surface area contributed by atoms with Crippen molar-refractivity contribution in [2.45, 2.75) is 19.3 Å². The number of nitrogens with zero attached hydrogens (tertiary/aromatic N) is 4. The second-order valence-electron chi connectivity index (χ2n) is 5.56. The smallest absolute Gasteiger partial charge is 0.180 e. The van der Waals surface area contributed by atoms with Gasteiger partial charge in [0.1, 0.15) is 11.3 Å². The van der Waals surface area contributed by atoms with E-state index in [1.165, 1.54) is 32.4 Å². The minimum absolute atomic E-state index is 0.705. The van der Waals surface area contributed by atoms with Crippen LogP contribution in [-0.2, 0) is 0 Å². The van der Waals surface area contributed by atoms with Crippen molar-refractivity contribution >= 4 is 17.0 Å². The zero-order chi connectivity index (χ0) is 13.8. The van der Waals surface area contributed by atoms with Crippen molar-refractivity contribution in [1.29, 1.82) is 0 Å². The quantitative estimate of drug-likeness (QED) is 0.923. The molecule has 0 aromatic carbocycles. The van der Waals surface area contributed by atoms with Gasteiger partial charge in [0.15, 0.2) is 5.65 Å². The standard InChI is InChI=1S/C15H21N5/c1-20-10-5-12(6-11-20)4-7-17-14-3-2-13-15(19-14)18-9-8-16-13/h2-3,8-9,12H,4-7,10-11H2,1H3,(H,17,18,19). The molecule has 106 valence electrons.